The van der Waals surface area contributed by atoms with Gasteiger partial charge >= 0.3 is 0 Å². The average molecular weight is 645 g/mol. The zero-order chi connectivity index (χ0) is 21.4. The van der Waals surface area contributed by atoms with Crippen molar-refractivity contribution in [2.24, 2.45) is 0 Å². The molecular weight excluding hydrogens is 622 g/mol. The summed E-state index contributed by atoms with van der Waals surface area (Å²) in [7, 11) is -1.11. The molecule has 32 heavy (non-hydrogen) atoms. The van der Waals surface area contributed by atoms with Crippen molar-refractivity contribution in [2.75, 3.05) is 0 Å². The van der Waals surface area contributed by atoms with Crippen molar-refractivity contribution < 1.29 is 55.9 Å². The molecule has 0 atom stereocenters. The summed E-state index contributed by atoms with van der Waals surface area (Å²) in [6.07, 6.45) is 0. The number of rotatable bonds is 4. The minimum Gasteiger partial charge on any atom is -0.871 e. The van der Waals surface area contributed by atoms with E-state index in [9.17, 15) is 0 Å². The number of hydrogen-bond donors (Lipinski definition) is 1. The van der Waals surface area contributed by atoms with Crippen LogP contribution in [0, 0.1) is 0 Å². The van der Waals surface area contributed by atoms with Crippen LogP contribution >= 0.6 is 17.2 Å². The van der Waals surface area contributed by atoms with Crippen molar-refractivity contribution in [3.05, 3.63) is 121 Å². The molecule has 3 nitrogen and oxygen atoms in total. The number of benzene rings is 4. The molecule has 0 aliphatic carbocycles. The third-order valence-corrected chi connectivity index (χ3v) is 6.16. The minimum absolute atomic E-state index is 0. The predicted molar refractivity (Wildman–Crippen MR) is 129 cm³/mol. The summed E-state index contributed by atoms with van der Waals surface area (Å²) in [5.74, 6) is 0. The van der Waals surface area contributed by atoms with Gasteiger partial charge < -0.3 is 15.1 Å². The third-order valence-electron chi connectivity index (χ3n) is 3.67. The summed E-state index contributed by atoms with van der Waals surface area (Å²) >= 11 is 0. The van der Waals surface area contributed by atoms with Crippen molar-refractivity contribution in [1.82, 2.24) is 0 Å². The molecule has 172 valence electrons. The topological polar surface area (TPSA) is 66.3 Å². The van der Waals surface area contributed by atoms with Gasteiger partial charge in [-0.1, -0.05) is 138 Å². The van der Waals surface area contributed by atoms with Crippen LogP contribution in [0.2, 0.25) is 0 Å². The molecule has 8 heteroatoms. The fraction of sp³-hybridized carbons (Fsp3) is 0. The standard InChI is InChI=1S/2C12H11P.BHO3.2Pd/c2*1-3-7-11(8-4-1)13-12-9-5-2-6-10-12;2-1(3)4;;/h2*1-10,13H;2H;;/q;;-2;;. The Morgan fingerprint density at radius 3 is 0.750 bits per heavy atom. The first-order valence-corrected chi connectivity index (χ1v) is 11.4. The fourth-order valence-corrected chi connectivity index (χ4v) is 4.52. The Labute approximate surface area is 221 Å². The zero-order valence-corrected chi connectivity index (χ0v) is 22.1. The first-order valence-electron chi connectivity index (χ1n) is 9.37. The normalized spacial score (nSPS) is 8.84. The van der Waals surface area contributed by atoms with E-state index in [0.717, 1.165) is 17.2 Å². The van der Waals surface area contributed by atoms with Gasteiger partial charge in [-0.15, -0.1) is 0 Å². The van der Waals surface area contributed by atoms with E-state index in [0.29, 0.717) is 0 Å². The largest absolute Gasteiger partial charge is 0.871 e. The molecule has 0 spiro atoms. The fourth-order valence-electron chi connectivity index (χ4n) is 2.42. The van der Waals surface area contributed by atoms with Crippen LogP contribution in [0.1, 0.15) is 0 Å². The van der Waals surface area contributed by atoms with Gasteiger partial charge in [0.05, 0.1) is 7.32 Å². The molecular formula is C24H23BO3P2Pd2-2. The molecule has 0 radical (unpaired) electrons. The molecule has 0 saturated carbocycles. The molecule has 0 amide bonds. The van der Waals surface area contributed by atoms with Crippen LogP contribution in [0.4, 0.5) is 0 Å². The van der Waals surface area contributed by atoms with E-state index in [1.807, 2.05) is 0 Å². The molecule has 4 aromatic carbocycles. The molecule has 0 aliphatic rings. The van der Waals surface area contributed by atoms with Crippen LogP contribution in [-0.2, 0) is 40.8 Å². The van der Waals surface area contributed by atoms with Crippen LogP contribution in [0.25, 0.3) is 0 Å². The van der Waals surface area contributed by atoms with Crippen LogP contribution in [-0.4, -0.2) is 12.3 Å². The third kappa shape index (κ3) is 15.0. The van der Waals surface area contributed by atoms with Gasteiger partial charge in [0.25, 0.3) is 0 Å². The molecule has 0 aromatic heterocycles. The molecule has 0 fully saturated rings. The molecule has 0 saturated heterocycles. The van der Waals surface area contributed by atoms with Crippen molar-refractivity contribution in [2.45, 2.75) is 0 Å². The van der Waals surface area contributed by atoms with E-state index in [1.165, 1.54) is 21.2 Å². The van der Waals surface area contributed by atoms with Gasteiger partial charge in [0.15, 0.2) is 0 Å². The van der Waals surface area contributed by atoms with Crippen LogP contribution in [0.3, 0.4) is 0 Å². The molecule has 0 heterocycles. The van der Waals surface area contributed by atoms with Crippen LogP contribution in [0.15, 0.2) is 121 Å². The summed E-state index contributed by atoms with van der Waals surface area (Å²) in [4.78, 5) is 0. The van der Waals surface area contributed by atoms with Crippen molar-refractivity contribution in [3.63, 3.8) is 0 Å². The Morgan fingerprint density at radius 1 is 0.438 bits per heavy atom. The molecule has 4 aromatic rings. The minimum atomic E-state index is -2.67. The van der Waals surface area contributed by atoms with Crippen molar-refractivity contribution >= 4 is 45.7 Å². The van der Waals surface area contributed by atoms with Crippen molar-refractivity contribution in [1.29, 1.82) is 0 Å². The first kappa shape index (κ1) is 31.0. The van der Waals surface area contributed by atoms with E-state index in [2.05, 4.69) is 121 Å². The van der Waals surface area contributed by atoms with E-state index < -0.39 is 7.32 Å². The van der Waals surface area contributed by atoms with Gasteiger partial charge in [-0.2, -0.15) is 0 Å². The quantitative estimate of drug-likeness (QED) is 0.269. The zero-order valence-electron chi connectivity index (χ0n) is 17.0. The molecule has 0 unspecified atom stereocenters. The summed E-state index contributed by atoms with van der Waals surface area (Å²) < 4.78 is 0. The van der Waals surface area contributed by atoms with Gasteiger partial charge in [0, 0.05) is 40.8 Å². The maximum Gasteiger partial charge on any atom is 0.0554 e. The first-order chi connectivity index (χ1) is 14.6. The molecule has 4 rings (SSSR count). The summed E-state index contributed by atoms with van der Waals surface area (Å²) in [6.45, 7) is 0. The monoisotopic (exact) mass is 644 g/mol. The Morgan fingerprint density at radius 2 is 0.594 bits per heavy atom. The second-order valence-corrected chi connectivity index (χ2v) is 8.83. The molecule has 0 bridgehead atoms. The SMILES string of the molecule is [O-]B([O-])O.[Pd].[Pd].c1ccc(Pc2ccccc2)cc1.c1ccc(Pc2ccccc2)cc1. The number of hydrogen-bond acceptors (Lipinski definition) is 3. The summed E-state index contributed by atoms with van der Waals surface area (Å²) in [6, 6.07) is 42.3. The summed E-state index contributed by atoms with van der Waals surface area (Å²) in [5, 5.41) is 29.6. The maximum absolute atomic E-state index is 8.53. The Bertz CT molecular complexity index is 781. The summed E-state index contributed by atoms with van der Waals surface area (Å²) in [5.41, 5.74) is 0. The molecule has 1 N–H and O–H groups in total. The van der Waals surface area contributed by atoms with Gasteiger partial charge in [-0.05, 0) is 21.2 Å². The Hall–Kier alpha value is -0.990. The second kappa shape index (κ2) is 19.5. The van der Waals surface area contributed by atoms with E-state index in [-0.39, 0.29) is 40.8 Å². The molecule has 0 aliphatic heterocycles. The average Bonchev–Trinajstić information content (AvgIpc) is 2.77. The Balaban J connectivity index is 0.000000490. The predicted octanol–water partition coefficient (Wildman–Crippen LogP) is 1.31. The second-order valence-electron chi connectivity index (χ2n) is 6.02. The van der Waals surface area contributed by atoms with E-state index in [1.54, 1.807) is 0 Å². The van der Waals surface area contributed by atoms with Gasteiger partial charge in [0.2, 0.25) is 0 Å². The Kier molecular flexibility index (Phi) is 18.9. The van der Waals surface area contributed by atoms with E-state index in [4.69, 9.17) is 15.1 Å². The van der Waals surface area contributed by atoms with E-state index >= 15 is 0 Å². The van der Waals surface area contributed by atoms with Crippen LogP contribution < -0.4 is 31.3 Å². The van der Waals surface area contributed by atoms with Crippen LogP contribution in [0.5, 0.6) is 0 Å². The van der Waals surface area contributed by atoms with Gasteiger partial charge in [-0.25, -0.2) is 0 Å². The van der Waals surface area contributed by atoms with Crippen molar-refractivity contribution in [3.8, 4) is 0 Å². The smallest absolute Gasteiger partial charge is 0.0554 e. The maximum atomic E-state index is 8.53. The van der Waals surface area contributed by atoms with Gasteiger partial charge in [-0.3, -0.25) is 0 Å². The van der Waals surface area contributed by atoms with Gasteiger partial charge in [0.1, 0.15) is 0 Å².